The largest absolute Gasteiger partial charge is 0.411 e. The fraction of sp³-hybridized carbons (Fsp3) is 0.231. The fourth-order valence-electron chi connectivity index (χ4n) is 1.67. The Morgan fingerprint density at radius 1 is 1.52 bits per heavy atom. The smallest absolute Gasteiger partial charge is 0.230 e. The molecule has 1 aromatic heterocycles. The molecule has 0 unspecified atom stereocenters. The number of oxime groups is 1. The number of thioether (sulfide) groups is 1. The molecule has 0 saturated heterocycles. The zero-order chi connectivity index (χ0) is 16.8. The van der Waals surface area contributed by atoms with Gasteiger partial charge in [0.2, 0.25) is 5.91 Å². The maximum Gasteiger partial charge on any atom is 0.230 e. The number of hydrogen-bond acceptors (Lipinski definition) is 7. The molecule has 0 aliphatic rings. The monoisotopic (exact) mass is 402 g/mol. The zero-order valence-corrected chi connectivity index (χ0v) is 14.3. The number of carbonyl (C=O) groups excluding carboxylic acids is 1. The summed E-state index contributed by atoms with van der Waals surface area (Å²) in [6, 6.07) is 4.44. The number of nitrogens with one attached hydrogen (secondary N) is 1. The van der Waals surface area contributed by atoms with Gasteiger partial charge in [-0.3, -0.25) is 4.79 Å². The van der Waals surface area contributed by atoms with Crippen molar-refractivity contribution in [3.05, 3.63) is 39.7 Å². The molecule has 0 aliphatic carbocycles. The van der Waals surface area contributed by atoms with Gasteiger partial charge in [-0.15, -0.1) is 0 Å². The van der Waals surface area contributed by atoms with Crippen LogP contribution >= 0.6 is 27.7 Å². The van der Waals surface area contributed by atoms with Crippen LogP contribution in [0.3, 0.4) is 0 Å². The lowest BCUT2D eigenvalue weighted by atomic mass is 10.1. The summed E-state index contributed by atoms with van der Waals surface area (Å²) in [5, 5.41) is 22.7. The molecule has 122 valence electrons. The van der Waals surface area contributed by atoms with Gasteiger partial charge in [-0.1, -0.05) is 23.0 Å². The Labute approximate surface area is 143 Å². The summed E-state index contributed by atoms with van der Waals surface area (Å²) < 4.78 is 18.2. The molecule has 1 amide bonds. The topological polar surface area (TPSA) is 101 Å². The molecule has 0 bridgehead atoms. The number of aromatic nitrogens is 2. The Kier molecular flexibility index (Phi) is 6.11. The van der Waals surface area contributed by atoms with Crippen molar-refractivity contribution in [1.82, 2.24) is 15.6 Å². The first-order valence-corrected chi connectivity index (χ1v) is 8.14. The van der Waals surface area contributed by atoms with E-state index < -0.39 is 0 Å². The van der Waals surface area contributed by atoms with Crippen LogP contribution in [0.1, 0.15) is 11.3 Å². The van der Waals surface area contributed by atoms with Crippen LogP contribution in [0.4, 0.5) is 4.39 Å². The number of carbonyl (C=O) groups is 1. The first kappa shape index (κ1) is 17.4. The van der Waals surface area contributed by atoms with Crippen molar-refractivity contribution in [2.75, 3.05) is 12.8 Å². The van der Waals surface area contributed by atoms with Crippen LogP contribution in [-0.4, -0.2) is 39.9 Å². The van der Waals surface area contributed by atoms with Gasteiger partial charge in [0.15, 0.2) is 10.7 Å². The average Bonchev–Trinajstić information content (AvgIpc) is 3.01. The van der Waals surface area contributed by atoms with E-state index in [1.165, 1.54) is 13.1 Å². The third-order valence-electron chi connectivity index (χ3n) is 2.83. The molecule has 0 fully saturated rings. The summed E-state index contributed by atoms with van der Waals surface area (Å²) in [4.78, 5) is 11.3. The first-order chi connectivity index (χ1) is 11.0. The minimum Gasteiger partial charge on any atom is -0.411 e. The summed E-state index contributed by atoms with van der Waals surface area (Å²) in [7, 11) is 1.53. The van der Waals surface area contributed by atoms with E-state index in [0.29, 0.717) is 15.1 Å². The number of amides is 1. The van der Waals surface area contributed by atoms with E-state index >= 15 is 0 Å². The summed E-state index contributed by atoms with van der Waals surface area (Å²) in [5.41, 5.74) is 1.14. The van der Waals surface area contributed by atoms with Gasteiger partial charge in [-0.05, 0) is 43.9 Å². The molecule has 2 aromatic rings. The van der Waals surface area contributed by atoms with Crippen molar-refractivity contribution in [3.8, 4) is 0 Å². The molecule has 0 aliphatic heterocycles. The molecular formula is C13H12BrFN4O3S. The lowest BCUT2D eigenvalue weighted by Crippen LogP contribution is -2.20. The van der Waals surface area contributed by atoms with Crippen LogP contribution < -0.4 is 5.32 Å². The van der Waals surface area contributed by atoms with Crippen molar-refractivity contribution >= 4 is 39.3 Å². The van der Waals surface area contributed by atoms with Crippen molar-refractivity contribution < 1.29 is 19.0 Å². The second-order valence-corrected chi connectivity index (χ2v) is 6.17. The molecule has 0 saturated carbocycles. The van der Waals surface area contributed by atoms with E-state index in [2.05, 4.69) is 41.3 Å². The molecule has 2 rings (SSSR count). The average molecular weight is 403 g/mol. The molecule has 0 radical (unpaired) electrons. The van der Waals surface area contributed by atoms with Gasteiger partial charge in [-0.25, -0.2) is 9.02 Å². The first-order valence-electron chi connectivity index (χ1n) is 6.36. The highest BCUT2D eigenvalue weighted by Gasteiger charge is 2.19. The van der Waals surface area contributed by atoms with Gasteiger partial charge in [-0.2, -0.15) is 0 Å². The number of hydrogen-bond donors (Lipinski definition) is 2. The van der Waals surface area contributed by atoms with Crippen molar-refractivity contribution in [2.45, 2.75) is 11.4 Å². The maximum absolute atomic E-state index is 13.3. The highest BCUT2D eigenvalue weighted by Crippen LogP contribution is 2.22. The third-order valence-corrected chi connectivity index (χ3v) is 4.38. The number of halogens is 2. The van der Waals surface area contributed by atoms with Crippen molar-refractivity contribution in [1.29, 1.82) is 0 Å². The van der Waals surface area contributed by atoms with Crippen LogP contribution in [-0.2, 0) is 11.2 Å². The summed E-state index contributed by atoms with van der Waals surface area (Å²) in [5.74, 6) is -0.450. The van der Waals surface area contributed by atoms with E-state index in [1.807, 2.05) is 0 Å². The Morgan fingerprint density at radius 2 is 2.30 bits per heavy atom. The highest BCUT2D eigenvalue weighted by molar-refractivity contribution is 9.10. The van der Waals surface area contributed by atoms with Crippen LogP contribution in [0.25, 0.3) is 0 Å². The van der Waals surface area contributed by atoms with E-state index in [0.717, 1.165) is 11.8 Å². The normalized spacial score (nSPS) is 11.5. The Bertz CT molecular complexity index is 738. The van der Waals surface area contributed by atoms with Crippen molar-refractivity contribution in [2.24, 2.45) is 5.16 Å². The van der Waals surface area contributed by atoms with Crippen molar-refractivity contribution in [3.63, 3.8) is 0 Å². The Balaban J connectivity index is 2.17. The predicted molar refractivity (Wildman–Crippen MR) is 85.2 cm³/mol. The van der Waals surface area contributed by atoms with Crippen LogP contribution in [0.5, 0.6) is 0 Å². The minimum atomic E-state index is -0.388. The Morgan fingerprint density at radius 3 is 2.96 bits per heavy atom. The fourth-order valence-corrected chi connectivity index (χ4v) is 2.88. The lowest BCUT2D eigenvalue weighted by molar-refractivity contribution is -0.118. The highest BCUT2D eigenvalue weighted by atomic mass is 79.9. The lowest BCUT2D eigenvalue weighted by Gasteiger charge is -2.04. The quantitative estimate of drug-likeness (QED) is 0.332. The molecule has 0 spiro atoms. The maximum atomic E-state index is 13.3. The zero-order valence-electron chi connectivity index (χ0n) is 11.9. The van der Waals surface area contributed by atoms with Crippen LogP contribution in [0.2, 0.25) is 0 Å². The second-order valence-electron chi connectivity index (χ2n) is 4.35. The summed E-state index contributed by atoms with van der Waals surface area (Å²) >= 11 is 4.20. The van der Waals surface area contributed by atoms with Gasteiger partial charge in [0.05, 0.1) is 10.2 Å². The molecular weight excluding hydrogens is 391 g/mol. The Hall–Kier alpha value is -1.94. The molecule has 1 heterocycles. The van der Waals surface area contributed by atoms with E-state index in [1.54, 1.807) is 12.1 Å². The molecule has 10 heteroatoms. The third kappa shape index (κ3) is 4.52. The van der Waals surface area contributed by atoms with E-state index in [4.69, 9.17) is 0 Å². The molecule has 0 atom stereocenters. The molecule has 2 N–H and O–H groups in total. The summed E-state index contributed by atoms with van der Waals surface area (Å²) in [6.07, 6.45) is 0.192. The van der Waals surface area contributed by atoms with E-state index in [-0.39, 0.29) is 35.3 Å². The molecule has 1 aromatic carbocycles. The molecule has 7 nitrogen and oxygen atoms in total. The minimum absolute atomic E-state index is 0.124. The van der Waals surface area contributed by atoms with E-state index in [9.17, 15) is 14.4 Å². The number of rotatable bonds is 6. The van der Waals surface area contributed by atoms with Gasteiger partial charge in [0, 0.05) is 13.5 Å². The van der Waals surface area contributed by atoms with Gasteiger partial charge < -0.3 is 10.5 Å². The van der Waals surface area contributed by atoms with Gasteiger partial charge in [0.25, 0.3) is 0 Å². The number of nitrogens with zero attached hydrogens (tertiary/aromatic N) is 3. The number of benzene rings is 1. The van der Waals surface area contributed by atoms with Crippen LogP contribution in [0, 0.1) is 5.82 Å². The standard InChI is InChI=1S/C13H12BrFN4O3S/c1-16-11(20)6-23-13-12(18-22-19-13)10(17-21)5-7-2-3-9(15)8(14)4-7/h2-4,21H,5-6H2,1H3,(H,16,20)/b17-10+. The second kappa shape index (κ2) is 8.06. The predicted octanol–water partition coefficient (Wildman–Crippen LogP) is 2.23. The van der Waals surface area contributed by atoms with Crippen LogP contribution in [0.15, 0.2) is 37.5 Å². The van der Waals surface area contributed by atoms with Gasteiger partial charge in [0.1, 0.15) is 11.5 Å². The van der Waals surface area contributed by atoms with Gasteiger partial charge >= 0.3 is 0 Å². The SMILES string of the molecule is CNC(=O)CSc1nonc1/C(Cc1ccc(F)c(Br)c1)=N/O. The molecule has 23 heavy (non-hydrogen) atoms. The summed E-state index contributed by atoms with van der Waals surface area (Å²) in [6.45, 7) is 0.